The third-order valence-electron chi connectivity index (χ3n) is 2.26. The highest BCUT2D eigenvalue weighted by Crippen LogP contribution is 2.26. The van der Waals surface area contributed by atoms with Crippen LogP contribution in [-0.4, -0.2) is 17.3 Å². The van der Waals surface area contributed by atoms with E-state index in [9.17, 15) is 10.0 Å². The molecule has 0 aromatic carbocycles. The van der Waals surface area contributed by atoms with Crippen molar-refractivity contribution >= 4 is 0 Å². The minimum Gasteiger partial charge on any atom is -0.391 e. The Morgan fingerprint density at radius 1 is 1.50 bits per heavy atom. The summed E-state index contributed by atoms with van der Waals surface area (Å²) in [6.45, 7) is 1.97. The van der Waals surface area contributed by atoms with Crippen LogP contribution in [0.15, 0.2) is 5.18 Å². The average Bonchev–Trinajstić information content (AvgIpc) is 1.88. The normalized spacial score (nSPS) is 41.2. The fraction of sp³-hybridized carbons (Fsp3) is 1.00. The summed E-state index contributed by atoms with van der Waals surface area (Å²) >= 11 is 0. The first-order valence-corrected chi connectivity index (χ1v) is 3.76. The molecule has 1 aliphatic carbocycles. The maximum atomic E-state index is 10.2. The molecule has 0 spiro atoms. The van der Waals surface area contributed by atoms with Crippen molar-refractivity contribution in [3.63, 3.8) is 0 Å². The molecule has 0 unspecified atom stereocenters. The lowest BCUT2D eigenvalue weighted by Gasteiger charge is -2.27. The molecular weight excluding hydrogens is 130 g/mol. The number of nitroso groups, excluding NO2 is 1. The van der Waals surface area contributed by atoms with Crippen LogP contribution in [0.5, 0.6) is 0 Å². The fourth-order valence-electron chi connectivity index (χ4n) is 1.54. The van der Waals surface area contributed by atoms with Crippen molar-refractivity contribution in [1.82, 2.24) is 0 Å². The highest BCUT2D eigenvalue weighted by Gasteiger charge is 2.29. The molecule has 1 aliphatic rings. The van der Waals surface area contributed by atoms with Gasteiger partial charge in [0.05, 0.1) is 6.10 Å². The molecule has 0 bridgehead atoms. The summed E-state index contributed by atoms with van der Waals surface area (Å²) in [6, 6.07) is -0.353. The Labute approximate surface area is 60.4 Å². The molecule has 3 nitrogen and oxygen atoms in total. The molecule has 0 aliphatic heterocycles. The summed E-state index contributed by atoms with van der Waals surface area (Å²) in [5.74, 6) is 0.265. The van der Waals surface area contributed by atoms with Gasteiger partial charge in [0.2, 0.25) is 0 Å². The summed E-state index contributed by atoms with van der Waals surface area (Å²) in [7, 11) is 0. The Morgan fingerprint density at radius 2 is 2.20 bits per heavy atom. The van der Waals surface area contributed by atoms with Crippen molar-refractivity contribution in [2.24, 2.45) is 11.1 Å². The first-order chi connectivity index (χ1) is 4.75. The Hall–Kier alpha value is -0.440. The molecule has 58 valence electrons. The Balaban J connectivity index is 2.53. The molecular formula is C7H13NO2. The van der Waals surface area contributed by atoms with Crippen LogP contribution in [0, 0.1) is 10.8 Å². The second-order valence-corrected chi connectivity index (χ2v) is 3.07. The number of aliphatic hydroxyl groups excluding tert-OH is 1. The highest BCUT2D eigenvalue weighted by molar-refractivity contribution is 4.84. The van der Waals surface area contributed by atoms with Crippen LogP contribution in [0.3, 0.4) is 0 Å². The van der Waals surface area contributed by atoms with E-state index in [-0.39, 0.29) is 12.0 Å². The summed E-state index contributed by atoms with van der Waals surface area (Å²) in [6.07, 6.45) is 2.30. The summed E-state index contributed by atoms with van der Waals surface area (Å²) in [5, 5.41) is 12.2. The van der Waals surface area contributed by atoms with E-state index in [0.717, 1.165) is 19.3 Å². The van der Waals surface area contributed by atoms with E-state index < -0.39 is 6.10 Å². The van der Waals surface area contributed by atoms with Crippen molar-refractivity contribution in [2.45, 2.75) is 38.3 Å². The number of aliphatic hydroxyl groups is 1. The van der Waals surface area contributed by atoms with Gasteiger partial charge in [0.15, 0.2) is 0 Å². The van der Waals surface area contributed by atoms with Gasteiger partial charge in [0.25, 0.3) is 0 Å². The molecule has 1 rings (SSSR count). The van der Waals surface area contributed by atoms with Crippen LogP contribution in [-0.2, 0) is 0 Å². The SMILES string of the molecule is C[C@@H]1CCC[C@@H](O)[C@H]1N=O. The molecule has 1 N–H and O–H groups in total. The maximum Gasteiger partial charge on any atom is 0.120 e. The number of rotatable bonds is 1. The van der Waals surface area contributed by atoms with E-state index in [4.69, 9.17) is 0 Å². The van der Waals surface area contributed by atoms with Crippen LogP contribution in [0.2, 0.25) is 0 Å². The predicted molar refractivity (Wildman–Crippen MR) is 38.6 cm³/mol. The van der Waals surface area contributed by atoms with Gasteiger partial charge in [-0.05, 0) is 18.8 Å². The van der Waals surface area contributed by atoms with Crippen LogP contribution in [0.4, 0.5) is 0 Å². The third kappa shape index (κ3) is 1.34. The maximum absolute atomic E-state index is 10.2. The van der Waals surface area contributed by atoms with Crippen molar-refractivity contribution in [2.75, 3.05) is 0 Å². The lowest BCUT2D eigenvalue weighted by atomic mass is 9.84. The monoisotopic (exact) mass is 143 g/mol. The van der Waals surface area contributed by atoms with Gasteiger partial charge >= 0.3 is 0 Å². The Morgan fingerprint density at radius 3 is 2.60 bits per heavy atom. The molecule has 0 heterocycles. The Bertz CT molecular complexity index is 117. The quantitative estimate of drug-likeness (QED) is 0.562. The van der Waals surface area contributed by atoms with Gasteiger partial charge in [-0.2, -0.15) is 4.91 Å². The molecule has 10 heavy (non-hydrogen) atoms. The largest absolute Gasteiger partial charge is 0.391 e. The van der Waals surface area contributed by atoms with E-state index in [1.165, 1.54) is 0 Å². The van der Waals surface area contributed by atoms with Gasteiger partial charge in [-0.15, -0.1) is 0 Å². The van der Waals surface area contributed by atoms with Crippen LogP contribution >= 0.6 is 0 Å². The zero-order chi connectivity index (χ0) is 7.56. The van der Waals surface area contributed by atoms with E-state index in [1.807, 2.05) is 6.92 Å². The zero-order valence-electron chi connectivity index (χ0n) is 6.16. The second kappa shape index (κ2) is 3.10. The van der Waals surface area contributed by atoms with E-state index in [0.29, 0.717) is 0 Å². The highest BCUT2D eigenvalue weighted by atomic mass is 16.3. The molecule has 3 atom stereocenters. The molecule has 0 aromatic rings. The topological polar surface area (TPSA) is 49.7 Å². The predicted octanol–water partition coefficient (Wildman–Crippen LogP) is 1.30. The van der Waals surface area contributed by atoms with Crippen molar-refractivity contribution < 1.29 is 5.11 Å². The minimum absolute atomic E-state index is 0.265. The third-order valence-corrected chi connectivity index (χ3v) is 2.26. The summed E-state index contributed by atoms with van der Waals surface area (Å²) in [5.41, 5.74) is 0. The molecule has 1 fully saturated rings. The average molecular weight is 143 g/mol. The van der Waals surface area contributed by atoms with E-state index in [1.54, 1.807) is 0 Å². The first-order valence-electron chi connectivity index (χ1n) is 3.76. The molecule has 0 radical (unpaired) electrons. The van der Waals surface area contributed by atoms with Gasteiger partial charge in [0.1, 0.15) is 6.04 Å². The van der Waals surface area contributed by atoms with Gasteiger partial charge in [0, 0.05) is 0 Å². The van der Waals surface area contributed by atoms with Crippen molar-refractivity contribution in [3.8, 4) is 0 Å². The van der Waals surface area contributed by atoms with Crippen LogP contribution < -0.4 is 0 Å². The number of nitrogens with zero attached hydrogens (tertiary/aromatic N) is 1. The first kappa shape index (κ1) is 7.66. The Kier molecular flexibility index (Phi) is 2.38. The smallest absolute Gasteiger partial charge is 0.120 e. The number of hydrogen-bond donors (Lipinski definition) is 1. The molecule has 3 heteroatoms. The number of hydrogen-bond acceptors (Lipinski definition) is 3. The lowest BCUT2D eigenvalue weighted by Crippen LogP contribution is -2.34. The zero-order valence-corrected chi connectivity index (χ0v) is 6.16. The van der Waals surface area contributed by atoms with E-state index in [2.05, 4.69) is 5.18 Å². The van der Waals surface area contributed by atoms with Gasteiger partial charge in [-0.3, -0.25) is 0 Å². The van der Waals surface area contributed by atoms with Crippen LogP contribution in [0.1, 0.15) is 26.2 Å². The standard InChI is InChI=1S/C7H13NO2/c1-5-3-2-4-6(9)7(5)8-10/h5-7,9H,2-4H2,1H3/t5-,6-,7+/m1/s1. The summed E-state index contributed by atoms with van der Waals surface area (Å²) in [4.78, 5) is 10.2. The van der Waals surface area contributed by atoms with Gasteiger partial charge in [-0.25, -0.2) is 0 Å². The summed E-state index contributed by atoms with van der Waals surface area (Å²) < 4.78 is 0. The molecule has 1 saturated carbocycles. The van der Waals surface area contributed by atoms with Crippen molar-refractivity contribution in [1.29, 1.82) is 0 Å². The van der Waals surface area contributed by atoms with Gasteiger partial charge in [-0.1, -0.05) is 18.5 Å². The van der Waals surface area contributed by atoms with Gasteiger partial charge < -0.3 is 5.11 Å². The molecule has 0 aromatic heterocycles. The fourth-order valence-corrected chi connectivity index (χ4v) is 1.54. The van der Waals surface area contributed by atoms with Crippen LogP contribution in [0.25, 0.3) is 0 Å². The minimum atomic E-state index is -0.485. The van der Waals surface area contributed by atoms with Crippen molar-refractivity contribution in [3.05, 3.63) is 4.91 Å². The lowest BCUT2D eigenvalue weighted by molar-refractivity contribution is 0.0821. The second-order valence-electron chi connectivity index (χ2n) is 3.07. The van der Waals surface area contributed by atoms with E-state index >= 15 is 0 Å². The molecule has 0 amide bonds. The molecule has 0 saturated heterocycles.